The van der Waals surface area contributed by atoms with Crippen molar-refractivity contribution in [3.63, 3.8) is 0 Å². The molecule has 1 aliphatic heterocycles. The minimum Gasteiger partial charge on any atom is -0.279 e. The number of fused-ring (bicyclic) bond motifs is 1. The lowest BCUT2D eigenvalue weighted by molar-refractivity contribution is 1.19. The summed E-state index contributed by atoms with van der Waals surface area (Å²) in [6.07, 6.45) is 1.82. The molecular formula is C15H11ClN2. The monoisotopic (exact) mass is 254 g/mol. The first-order valence-electron chi connectivity index (χ1n) is 5.77. The summed E-state index contributed by atoms with van der Waals surface area (Å²) in [6.45, 7) is 0.602. The lowest BCUT2D eigenvalue weighted by Gasteiger charge is -2.04. The van der Waals surface area contributed by atoms with Gasteiger partial charge in [0.05, 0.1) is 17.6 Å². The number of benzene rings is 2. The fourth-order valence-electron chi connectivity index (χ4n) is 2.02. The normalized spacial score (nSPS) is 13.7. The second-order valence-electron chi connectivity index (χ2n) is 4.00. The summed E-state index contributed by atoms with van der Waals surface area (Å²) in [4.78, 5) is 8.99. The standard InChI is InChI=1S/C15H11ClN2/c16-13-7-3-1-5-11(13)15-12-6-2-4-8-14(12)17-9-10-18-15/h1-8,10H,9H2. The quantitative estimate of drug-likeness (QED) is 0.746. The number of hydrogen-bond acceptors (Lipinski definition) is 2. The van der Waals surface area contributed by atoms with Crippen molar-refractivity contribution < 1.29 is 0 Å². The maximum Gasteiger partial charge on any atom is 0.0807 e. The van der Waals surface area contributed by atoms with E-state index in [0.29, 0.717) is 11.6 Å². The molecule has 0 atom stereocenters. The molecule has 88 valence electrons. The highest BCUT2D eigenvalue weighted by molar-refractivity contribution is 6.32. The molecule has 2 nitrogen and oxygen atoms in total. The van der Waals surface area contributed by atoms with Crippen LogP contribution in [-0.4, -0.2) is 12.8 Å². The van der Waals surface area contributed by atoms with Crippen molar-refractivity contribution in [3.05, 3.63) is 69.7 Å². The van der Waals surface area contributed by atoms with Gasteiger partial charge in [-0.2, -0.15) is 0 Å². The van der Waals surface area contributed by atoms with Gasteiger partial charge < -0.3 is 0 Å². The zero-order chi connectivity index (χ0) is 12.4. The van der Waals surface area contributed by atoms with Gasteiger partial charge in [0.15, 0.2) is 0 Å². The van der Waals surface area contributed by atoms with Gasteiger partial charge in [-0.25, -0.2) is 0 Å². The first-order valence-corrected chi connectivity index (χ1v) is 6.15. The third-order valence-electron chi connectivity index (χ3n) is 2.85. The highest BCUT2D eigenvalue weighted by Gasteiger charge is 2.07. The van der Waals surface area contributed by atoms with Crippen LogP contribution in [0.25, 0.3) is 5.70 Å². The predicted molar refractivity (Wildman–Crippen MR) is 74.5 cm³/mol. The van der Waals surface area contributed by atoms with Gasteiger partial charge in [0.1, 0.15) is 0 Å². The lowest BCUT2D eigenvalue weighted by atomic mass is 10.1. The van der Waals surface area contributed by atoms with Gasteiger partial charge >= 0.3 is 0 Å². The molecule has 0 N–H and O–H groups in total. The van der Waals surface area contributed by atoms with Gasteiger partial charge in [-0.3, -0.25) is 9.98 Å². The zero-order valence-corrected chi connectivity index (χ0v) is 10.4. The molecular weight excluding hydrogens is 244 g/mol. The smallest absolute Gasteiger partial charge is 0.0807 e. The molecule has 0 amide bonds. The van der Waals surface area contributed by atoms with Gasteiger partial charge in [-0.1, -0.05) is 48.0 Å². The number of halogens is 1. The summed E-state index contributed by atoms with van der Waals surface area (Å²) in [5.74, 6) is 0. The van der Waals surface area contributed by atoms with Crippen LogP contribution in [0.1, 0.15) is 5.56 Å². The Labute approximate surface area is 110 Å². The molecule has 1 heterocycles. The van der Waals surface area contributed by atoms with E-state index < -0.39 is 0 Å². The Bertz CT molecular complexity index is 732. The summed E-state index contributed by atoms with van der Waals surface area (Å²) < 4.78 is 0. The molecule has 0 aliphatic carbocycles. The molecule has 0 unspecified atom stereocenters. The molecule has 0 fully saturated rings. The molecule has 3 rings (SSSR count). The van der Waals surface area contributed by atoms with Crippen molar-refractivity contribution in [2.24, 2.45) is 9.98 Å². The van der Waals surface area contributed by atoms with Crippen molar-refractivity contribution in [2.75, 3.05) is 6.54 Å². The molecule has 3 heteroatoms. The third kappa shape index (κ3) is 1.95. The Hall–Kier alpha value is -1.93. The Kier molecular flexibility index (Phi) is 2.95. The van der Waals surface area contributed by atoms with Gasteiger partial charge in [0, 0.05) is 22.0 Å². The molecule has 18 heavy (non-hydrogen) atoms. The van der Waals surface area contributed by atoms with Gasteiger partial charge in [0.2, 0.25) is 0 Å². The Morgan fingerprint density at radius 2 is 1.72 bits per heavy atom. The van der Waals surface area contributed by atoms with Crippen molar-refractivity contribution in [1.29, 1.82) is 0 Å². The average molecular weight is 255 g/mol. The van der Waals surface area contributed by atoms with E-state index in [4.69, 9.17) is 11.6 Å². The average Bonchev–Trinajstić information content (AvgIpc) is 2.62. The Morgan fingerprint density at radius 1 is 0.944 bits per heavy atom. The molecule has 0 saturated carbocycles. The van der Waals surface area contributed by atoms with E-state index in [9.17, 15) is 0 Å². The zero-order valence-electron chi connectivity index (χ0n) is 9.68. The van der Waals surface area contributed by atoms with E-state index in [1.165, 1.54) is 0 Å². The van der Waals surface area contributed by atoms with Crippen LogP contribution < -0.4 is 10.6 Å². The highest BCUT2D eigenvalue weighted by Crippen LogP contribution is 2.22. The summed E-state index contributed by atoms with van der Waals surface area (Å²) in [7, 11) is 0. The maximum atomic E-state index is 6.25. The fourth-order valence-corrected chi connectivity index (χ4v) is 2.25. The highest BCUT2D eigenvalue weighted by atomic mass is 35.5. The number of hydrogen-bond donors (Lipinski definition) is 0. The van der Waals surface area contributed by atoms with E-state index in [-0.39, 0.29) is 0 Å². The van der Waals surface area contributed by atoms with Crippen LogP contribution in [0.3, 0.4) is 0 Å². The lowest BCUT2D eigenvalue weighted by Crippen LogP contribution is -2.26. The van der Waals surface area contributed by atoms with Crippen LogP contribution in [-0.2, 0) is 0 Å². The fraction of sp³-hybridized carbons (Fsp3) is 0.0667. The van der Waals surface area contributed by atoms with E-state index >= 15 is 0 Å². The van der Waals surface area contributed by atoms with Crippen molar-refractivity contribution >= 4 is 23.5 Å². The van der Waals surface area contributed by atoms with Crippen LogP contribution in [0.15, 0.2) is 58.5 Å². The number of aliphatic imine (C=N–C) groups is 1. The SMILES string of the molecule is Clc1ccccc1C1=c2ccccc2=NCC=N1. The van der Waals surface area contributed by atoms with E-state index in [1.54, 1.807) is 0 Å². The molecule has 0 bridgehead atoms. The minimum absolute atomic E-state index is 0.602. The third-order valence-corrected chi connectivity index (χ3v) is 3.18. The first kappa shape index (κ1) is 11.2. The van der Waals surface area contributed by atoms with E-state index in [2.05, 4.69) is 9.98 Å². The molecule has 0 aromatic heterocycles. The van der Waals surface area contributed by atoms with Crippen LogP contribution in [0.4, 0.5) is 0 Å². The molecule has 0 radical (unpaired) electrons. The van der Waals surface area contributed by atoms with Crippen LogP contribution in [0.5, 0.6) is 0 Å². The molecule has 2 aromatic rings. The minimum atomic E-state index is 0.602. The summed E-state index contributed by atoms with van der Waals surface area (Å²) in [5, 5.41) is 2.70. The molecule has 2 aromatic carbocycles. The first-order chi connectivity index (χ1) is 8.86. The van der Waals surface area contributed by atoms with Gasteiger partial charge in [-0.15, -0.1) is 0 Å². The largest absolute Gasteiger partial charge is 0.279 e. The second kappa shape index (κ2) is 4.75. The van der Waals surface area contributed by atoms with E-state index in [1.807, 2.05) is 54.7 Å². The van der Waals surface area contributed by atoms with Crippen LogP contribution >= 0.6 is 11.6 Å². The number of rotatable bonds is 1. The Morgan fingerprint density at radius 3 is 2.61 bits per heavy atom. The molecule has 1 aliphatic rings. The Balaban J connectivity index is 2.41. The summed E-state index contributed by atoms with van der Waals surface area (Å²) >= 11 is 6.25. The molecule has 0 spiro atoms. The maximum absolute atomic E-state index is 6.25. The predicted octanol–water partition coefficient (Wildman–Crippen LogP) is 2.20. The number of para-hydroxylation sites is 1. The van der Waals surface area contributed by atoms with E-state index in [0.717, 1.165) is 21.8 Å². The van der Waals surface area contributed by atoms with Crippen molar-refractivity contribution in [3.8, 4) is 0 Å². The summed E-state index contributed by atoms with van der Waals surface area (Å²) in [6, 6.07) is 15.8. The van der Waals surface area contributed by atoms with Gasteiger partial charge in [0.25, 0.3) is 0 Å². The molecule has 0 saturated heterocycles. The topological polar surface area (TPSA) is 24.7 Å². The van der Waals surface area contributed by atoms with Crippen molar-refractivity contribution in [1.82, 2.24) is 0 Å². The van der Waals surface area contributed by atoms with Crippen LogP contribution in [0, 0.1) is 0 Å². The second-order valence-corrected chi connectivity index (χ2v) is 4.41. The van der Waals surface area contributed by atoms with Crippen LogP contribution in [0.2, 0.25) is 5.02 Å². The van der Waals surface area contributed by atoms with Crippen molar-refractivity contribution in [2.45, 2.75) is 0 Å². The van der Waals surface area contributed by atoms with Gasteiger partial charge in [-0.05, 0) is 12.1 Å². The summed E-state index contributed by atoms with van der Waals surface area (Å²) in [5.41, 5.74) is 1.83. The number of nitrogens with zero attached hydrogens (tertiary/aromatic N) is 2.